The van der Waals surface area contributed by atoms with Gasteiger partial charge in [0.25, 0.3) is 0 Å². The van der Waals surface area contributed by atoms with Gasteiger partial charge in [0.1, 0.15) is 11.4 Å². The zero-order valence-electron chi connectivity index (χ0n) is 19.2. The van der Waals surface area contributed by atoms with E-state index >= 15 is 0 Å². The van der Waals surface area contributed by atoms with Crippen LogP contribution in [0.15, 0.2) is 24.5 Å². The maximum atomic E-state index is 12.9. The summed E-state index contributed by atoms with van der Waals surface area (Å²) in [6.07, 6.45) is 9.70. The number of nitrogens with zero attached hydrogens (tertiary/aromatic N) is 3. The summed E-state index contributed by atoms with van der Waals surface area (Å²) in [5.41, 5.74) is 2.85. The molecule has 0 aromatic carbocycles. The van der Waals surface area contributed by atoms with Crippen molar-refractivity contribution >= 4 is 17.8 Å². The first-order chi connectivity index (χ1) is 15.3. The Morgan fingerprint density at radius 2 is 2.03 bits per heavy atom. The van der Waals surface area contributed by atoms with Crippen LogP contribution in [0, 0.1) is 5.92 Å². The molecular weight excluding hydrogens is 406 g/mol. The minimum Gasteiger partial charge on any atom is -0.444 e. The smallest absolute Gasteiger partial charge is 0.407 e. The number of fused-ring (bicyclic) bond motifs is 1. The Kier molecular flexibility index (Phi) is 6.48. The summed E-state index contributed by atoms with van der Waals surface area (Å²) in [7, 11) is 0. The summed E-state index contributed by atoms with van der Waals surface area (Å²) in [5.74, 6) is 0.325. The molecule has 172 valence electrons. The van der Waals surface area contributed by atoms with Crippen molar-refractivity contribution in [2.24, 2.45) is 5.92 Å². The predicted octanol–water partition coefficient (Wildman–Crippen LogP) is 4.30. The van der Waals surface area contributed by atoms with E-state index < -0.39 is 11.7 Å². The minimum absolute atomic E-state index is 0.0534. The van der Waals surface area contributed by atoms with E-state index in [0.29, 0.717) is 12.2 Å². The second kappa shape index (κ2) is 9.30. The highest BCUT2D eigenvalue weighted by Gasteiger charge is 2.29. The molecule has 2 amide bonds. The van der Waals surface area contributed by atoms with Crippen molar-refractivity contribution in [3.8, 4) is 11.1 Å². The number of anilines is 1. The van der Waals surface area contributed by atoms with Gasteiger partial charge in [0.2, 0.25) is 5.91 Å². The molecular formula is C24H33N5O3. The van der Waals surface area contributed by atoms with Gasteiger partial charge in [-0.25, -0.2) is 9.78 Å². The molecule has 8 heteroatoms. The summed E-state index contributed by atoms with van der Waals surface area (Å²) in [5, 5.41) is 10.4. The number of rotatable bonds is 4. The number of pyridine rings is 1. The van der Waals surface area contributed by atoms with Crippen molar-refractivity contribution in [1.82, 2.24) is 20.1 Å². The largest absolute Gasteiger partial charge is 0.444 e. The Morgan fingerprint density at radius 1 is 1.19 bits per heavy atom. The topological polar surface area (TPSA) is 98.1 Å². The first-order valence-corrected chi connectivity index (χ1v) is 11.6. The quantitative estimate of drug-likeness (QED) is 0.740. The fourth-order valence-corrected chi connectivity index (χ4v) is 4.59. The maximum absolute atomic E-state index is 12.9. The molecule has 1 fully saturated rings. The summed E-state index contributed by atoms with van der Waals surface area (Å²) in [6.45, 7) is 6.48. The number of amides is 2. The lowest BCUT2D eigenvalue weighted by Gasteiger charge is -2.30. The molecule has 0 saturated heterocycles. The molecule has 4 rings (SSSR count). The molecule has 0 unspecified atom stereocenters. The molecule has 8 nitrogen and oxygen atoms in total. The standard InChI is InChI=1S/C24H33N5O3/c1-24(2,3)32-23(31)27-18-8-6-7-17(13-18)22(30)28-21-14-16(10-11-25-21)19-15-26-29-12-5-4-9-20(19)29/h10-11,14-15,17-18H,4-9,12-13H2,1-3H3,(H,27,31)(H,25,28,30)/t17-,18+/m0/s1. The van der Waals surface area contributed by atoms with Gasteiger partial charge < -0.3 is 15.4 Å². The molecule has 1 aliphatic carbocycles. The highest BCUT2D eigenvalue weighted by molar-refractivity contribution is 5.92. The van der Waals surface area contributed by atoms with Gasteiger partial charge >= 0.3 is 6.09 Å². The first kappa shape index (κ1) is 22.3. The molecule has 2 atom stereocenters. The van der Waals surface area contributed by atoms with E-state index in [9.17, 15) is 9.59 Å². The number of carbonyl (C=O) groups is 2. The fourth-order valence-electron chi connectivity index (χ4n) is 4.59. The number of hydrogen-bond donors (Lipinski definition) is 2. The highest BCUT2D eigenvalue weighted by Crippen LogP contribution is 2.30. The van der Waals surface area contributed by atoms with Gasteiger partial charge in [-0.2, -0.15) is 5.10 Å². The van der Waals surface area contributed by atoms with Gasteiger partial charge in [-0.15, -0.1) is 0 Å². The molecule has 2 aromatic heterocycles. The van der Waals surface area contributed by atoms with Crippen LogP contribution in [0.25, 0.3) is 11.1 Å². The zero-order valence-corrected chi connectivity index (χ0v) is 19.2. The summed E-state index contributed by atoms with van der Waals surface area (Å²) in [6, 6.07) is 3.82. The molecule has 1 aliphatic heterocycles. The summed E-state index contributed by atoms with van der Waals surface area (Å²) in [4.78, 5) is 29.4. The van der Waals surface area contributed by atoms with Gasteiger partial charge in [0.15, 0.2) is 0 Å². The number of nitrogens with one attached hydrogen (secondary N) is 2. The van der Waals surface area contributed by atoms with Crippen molar-refractivity contribution in [2.75, 3.05) is 5.32 Å². The van der Waals surface area contributed by atoms with Crippen LogP contribution in [0.1, 0.15) is 65.0 Å². The van der Waals surface area contributed by atoms with Crippen molar-refractivity contribution in [3.05, 3.63) is 30.2 Å². The lowest BCUT2D eigenvalue weighted by molar-refractivity contribution is -0.121. The Bertz CT molecular complexity index is 978. The average molecular weight is 440 g/mol. The zero-order chi connectivity index (χ0) is 22.7. The lowest BCUT2D eigenvalue weighted by Crippen LogP contribution is -2.43. The molecule has 3 heterocycles. The Hall–Kier alpha value is -2.90. The molecule has 2 aromatic rings. The van der Waals surface area contributed by atoms with Crippen LogP contribution in [-0.2, 0) is 22.5 Å². The molecule has 2 aliphatic rings. The van der Waals surface area contributed by atoms with E-state index in [-0.39, 0.29) is 17.9 Å². The van der Waals surface area contributed by atoms with E-state index in [1.807, 2.05) is 39.1 Å². The van der Waals surface area contributed by atoms with Crippen LogP contribution in [-0.4, -0.2) is 38.4 Å². The number of carbonyl (C=O) groups excluding carboxylic acids is 2. The SMILES string of the molecule is CC(C)(C)OC(=O)N[C@@H]1CCC[C@H](C(=O)Nc2cc(-c3cnn4c3CCCC4)ccn2)C1. The number of hydrogen-bond acceptors (Lipinski definition) is 5. The van der Waals surface area contributed by atoms with Crippen molar-refractivity contribution < 1.29 is 14.3 Å². The highest BCUT2D eigenvalue weighted by atomic mass is 16.6. The molecule has 0 bridgehead atoms. The summed E-state index contributed by atoms with van der Waals surface area (Å²) >= 11 is 0. The lowest BCUT2D eigenvalue weighted by atomic mass is 9.85. The number of alkyl carbamates (subject to hydrolysis) is 1. The fraction of sp³-hybridized carbons (Fsp3) is 0.583. The van der Waals surface area contributed by atoms with Gasteiger partial charge in [-0.3, -0.25) is 9.48 Å². The number of aromatic nitrogens is 3. The van der Waals surface area contributed by atoms with E-state index in [0.717, 1.165) is 49.8 Å². The van der Waals surface area contributed by atoms with E-state index in [1.54, 1.807) is 6.20 Å². The van der Waals surface area contributed by atoms with Gasteiger partial charge in [-0.1, -0.05) is 6.42 Å². The van der Waals surface area contributed by atoms with Crippen LogP contribution in [0.3, 0.4) is 0 Å². The monoisotopic (exact) mass is 439 g/mol. The van der Waals surface area contributed by atoms with E-state index in [1.165, 1.54) is 12.1 Å². The van der Waals surface area contributed by atoms with E-state index in [2.05, 4.69) is 25.4 Å². The second-order valence-corrected chi connectivity index (χ2v) is 9.81. The molecule has 32 heavy (non-hydrogen) atoms. The molecule has 1 saturated carbocycles. The van der Waals surface area contributed by atoms with Crippen molar-refractivity contribution in [3.63, 3.8) is 0 Å². The third-order valence-electron chi connectivity index (χ3n) is 6.07. The second-order valence-electron chi connectivity index (χ2n) is 9.81. The average Bonchev–Trinajstić information content (AvgIpc) is 3.17. The van der Waals surface area contributed by atoms with Crippen LogP contribution in [0.2, 0.25) is 0 Å². The summed E-state index contributed by atoms with van der Waals surface area (Å²) < 4.78 is 7.43. The molecule has 0 spiro atoms. The Balaban J connectivity index is 1.38. The minimum atomic E-state index is -0.540. The maximum Gasteiger partial charge on any atom is 0.407 e. The van der Waals surface area contributed by atoms with Crippen molar-refractivity contribution in [1.29, 1.82) is 0 Å². The van der Waals surface area contributed by atoms with Crippen molar-refractivity contribution in [2.45, 2.75) is 83.9 Å². The van der Waals surface area contributed by atoms with Crippen LogP contribution in [0.4, 0.5) is 10.6 Å². The van der Waals surface area contributed by atoms with Gasteiger partial charge in [0.05, 0.1) is 6.20 Å². The Morgan fingerprint density at radius 3 is 2.84 bits per heavy atom. The van der Waals surface area contributed by atoms with Crippen LogP contribution < -0.4 is 10.6 Å². The molecule has 2 N–H and O–H groups in total. The van der Waals surface area contributed by atoms with Gasteiger partial charge in [0, 0.05) is 36.0 Å². The number of aryl methyl sites for hydroxylation is 1. The van der Waals surface area contributed by atoms with E-state index in [4.69, 9.17) is 4.74 Å². The third kappa shape index (κ3) is 5.47. The molecule has 0 radical (unpaired) electrons. The normalized spacial score (nSPS) is 20.8. The number of ether oxygens (including phenoxy) is 1. The van der Waals surface area contributed by atoms with Crippen LogP contribution in [0.5, 0.6) is 0 Å². The van der Waals surface area contributed by atoms with Crippen LogP contribution >= 0.6 is 0 Å². The third-order valence-corrected chi connectivity index (χ3v) is 6.07. The van der Waals surface area contributed by atoms with Gasteiger partial charge in [-0.05, 0) is 77.0 Å². The predicted molar refractivity (Wildman–Crippen MR) is 122 cm³/mol. The first-order valence-electron chi connectivity index (χ1n) is 11.6. The Labute approximate surface area is 189 Å².